The molecule has 1 saturated heterocycles. The maximum atomic E-state index is 12.6. The van der Waals surface area contributed by atoms with Crippen LogP contribution in [0.2, 0.25) is 0 Å². The molecule has 2 fully saturated rings. The van der Waals surface area contributed by atoms with Crippen LogP contribution in [0.3, 0.4) is 0 Å². The van der Waals surface area contributed by atoms with Crippen LogP contribution in [0.5, 0.6) is 0 Å². The van der Waals surface area contributed by atoms with E-state index in [1.807, 2.05) is 59.5 Å². The van der Waals surface area contributed by atoms with Gasteiger partial charge in [-0.3, -0.25) is 9.59 Å². The number of benzene rings is 2. The second-order valence-electron chi connectivity index (χ2n) is 7.95. The van der Waals surface area contributed by atoms with E-state index in [0.717, 1.165) is 24.0 Å². The Labute approximate surface area is 177 Å². The molecule has 0 aromatic heterocycles. The van der Waals surface area contributed by atoms with Gasteiger partial charge in [0.1, 0.15) is 5.37 Å². The van der Waals surface area contributed by atoms with Gasteiger partial charge in [0, 0.05) is 18.2 Å². The third-order valence-electron chi connectivity index (χ3n) is 5.81. The fraction of sp³-hybridized carbons (Fsp3) is 0.417. The van der Waals surface area contributed by atoms with E-state index in [1.165, 1.54) is 25.7 Å². The molecule has 1 aliphatic heterocycles. The molecule has 4 nitrogen and oxygen atoms in total. The van der Waals surface area contributed by atoms with Gasteiger partial charge in [0.05, 0.1) is 5.75 Å². The van der Waals surface area contributed by atoms with Crippen LogP contribution in [-0.4, -0.2) is 28.5 Å². The van der Waals surface area contributed by atoms with Gasteiger partial charge in [-0.15, -0.1) is 11.8 Å². The Kier molecular flexibility index (Phi) is 6.55. The molecule has 2 aromatic rings. The minimum atomic E-state index is 0.00155. The summed E-state index contributed by atoms with van der Waals surface area (Å²) in [5, 5.41) is 3.21. The third kappa shape index (κ3) is 5.02. The van der Waals surface area contributed by atoms with Gasteiger partial charge in [-0.25, -0.2) is 0 Å². The van der Waals surface area contributed by atoms with Gasteiger partial charge in [0.2, 0.25) is 5.91 Å². The fourth-order valence-electron chi connectivity index (χ4n) is 4.17. The standard InChI is InChI=1S/C24H28N2O2S/c27-22-17-29-24(26(22)16-18-8-4-3-5-9-18)20-14-12-19(13-15-20)23(28)25-21-10-6-1-2-7-11-21/h3-5,8-9,12-15,21,24H,1-2,6-7,10-11,16-17H2,(H,25,28). The zero-order chi connectivity index (χ0) is 20.1. The van der Waals surface area contributed by atoms with Crippen molar-refractivity contribution in [2.75, 3.05) is 5.75 Å². The quantitative estimate of drug-likeness (QED) is 0.715. The van der Waals surface area contributed by atoms with Gasteiger partial charge in [-0.2, -0.15) is 0 Å². The molecule has 2 aromatic carbocycles. The molecule has 0 spiro atoms. The molecule has 1 unspecified atom stereocenters. The Hall–Kier alpha value is -2.27. The first kappa shape index (κ1) is 20.0. The predicted octanol–water partition coefficient (Wildman–Crippen LogP) is 4.91. The number of carbonyl (C=O) groups excluding carboxylic acids is 2. The van der Waals surface area contributed by atoms with Crippen LogP contribution in [0.4, 0.5) is 0 Å². The second-order valence-corrected chi connectivity index (χ2v) is 9.02. The van der Waals surface area contributed by atoms with Crippen molar-refractivity contribution in [1.82, 2.24) is 10.2 Å². The van der Waals surface area contributed by atoms with Crippen LogP contribution in [-0.2, 0) is 11.3 Å². The minimum Gasteiger partial charge on any atom is -0.349 e. The summed E-state index contributed by atoms with van der Waals surface area (Å²) in [6.07, 6.45) is 7.12. The van der Waals surface area contributed by atoms with Crippen molar-refractivity contribution in [2.45, 2.75) is 56.5 Å². The highest BCUT2D eigenvalue weighted by atomic mass is 32.2. The Morgan fingerprint density at radius 1 is 0.966 bits per heavy atom. The van der Waals surface area contributed by atoms with Crippen molar-refractivity contribution in [3.8, 4) is 0 Å². The van der Waals surface area contributed by atoms with E-state index in [1.54, 1.807) is 11.8 Å². The molecule has 1 heterocycles. The average molecular weight is 409 g/mol. The number of nitrogens with one attached hydrogen (secondary N) is 1. The molecule has 0 bridgehead atoms. The molecule has 29 heavy (non-hydrogen) atoms. The molecular weight excluding hydrogens is 380 g/mol. The normalized spacial score (nSPS) is 20.5. The predicted molar refractivity (Wildman–Crippen MR) is 118 cm³/mol. The molecule has 1 saturated carbocycles. The van der Waals surface area contributed by atoms with E-state index in [2.05, 4.69) is 5.32 Å². The summed E-state index contributed by atoms with van der Waals surface area (Å²) in [7, 11) is 0. The maximum absolute atomic E-state index is 12.6. The van der Waals surface area contributed by atoms with Gasteiger partial charge in [0.25, 0.3) is 5.91 Å². The number of carbonyl (C=O) groups is 2. The van der Waals surface area contributed by atoms with E-state index in [4.69, 9.17) is 0 Å². The summed E-state index contributed by atoms with van der Waals surface area (Å²) in [6, 6.07) is 18.2. The number of hydrogen-bond acceptors (Lipinski definition) is 3. The molecule has 2 amide bonds. The van der Waals surface area contributed by atoms with Crippen molar-refractivity contribution in [1.29, 1.82) is 0 Å². The number of rotatable bonds is 5. The highest BCUT2D eigenvalue weighted by Crippen LogP contribution is 2.39. The lowest BCUT2D eigenvalue weighted by atomic mass is 10.1. The molecule has 5 heteroatoms. The smallest absolute Gasteiger partial charge is 0.251 e. The van der Waals surface area contributed by atoms with Gasteiger partial charge in [-0.1, -0.05) is 68.1 Å². The molecule has 2 aliphatic rings. The van der Waals surface area contributed by atoms with Crippen LogP contribution in [0.15, 0.2) is 54.6 Å². The van der Waals surface area contributed by atoms with Crippen molar-refractivity contribution in [3.05, 3.63) is 71.3 Å². The molecule has 0 radical (unpaired) electrons. The highest BCUT2D eigenvalue weighted by Gasteiger charge is 2.32. The van der Waals surface area contributed by atoms with Crippen molar-refractivity contribution in [3.63, 3.8) is 0 Å². The second kappa shape index (κ2) is 9.49. The Balaban J connectivity index is 1.42. The summed E-state index contributed by atoms with van der Waals surface area (Å²) in [6.45, 7) is 0.612. The van der Waals surface area contributed by atoms with Crippen LogP contribution in [0, 0.1) is 0 Å². The highest BCUT2D eigenvalue weighted by molar-refractivity contribution is 8.00. The van der Waals surface area contributed by atoms with Gasteiger partial charge in [-0.05, 0) is 36.1 Å². The van der Waals surface area contributed by atoms with Gasteiger partial charge in [0.15, 0.2) is 0 Å². The van der Waals surface area contributed by atoms with E-state index < -0.39 is 0 Å². The summed E-state index contributed by atoms with van der Waals surface area (Å²) in [5.74, 6) is 0.681. The van der Waals surface area contributed by atoms with Crippen molar-refractivity contribution < 1.29 is 9.59 Å². The molecule has 1 atom stereocenters. The molecule has 1 N–H and O–H groups in total. The molecule has 1 aliphatic carbocycles. The van der Waals surface area contributed by atoms with E-state index in [-0.39, 0.29) is 17.2 Å². The summed E-state index contributed by atoms with van der Waals surface area (Å²) >= 11 is 1.65. The van der Waals surface area contributed by atoms with Crippen molar-refractivity contribution in [2.24, 2.45) is 0 Å². The van der Waals surface area contributed by atoms with E-state index in [0.29, 0.717) is 23.9 Å². The first-order valence-electron chi connectivity index (χ1n) is 10.6. The Morgan fingerprint density at radius 3 is 2.34 bits per heavy atom. The molecule has 4 rings (SSSR count). The molecular formula is C24H28N2O2S. The van der Waals surface area contributed by atoms with Crippen LogP contribution >= 0.6 is 11.8 Å². The lowest BCUT2D eigenvalue weighted by Gasteiger charge is -2.24. The number of nitrogens with zero attached hydrogens (tertiary/aromatic N) is 1. The van der Waals surface area contributed by atoms with Crippen LogP contribution < -0.4 is 5.32 Å². The first-order valence-corrected chi connectivity index (χ1v) is 11.6. The number of hydrogen-bond donors (Lipinski definition) is 1. The Bertz CT molecular complexity index is 830. The maximum Gasteiger partial charge on any atom is 0.251 e. The van der Waals surface area contributed by atoms with E-state index in [9.17, 15) is 9.59 Å². The topological polar surface area (TPSA) is 49.4 Å². The minimum absolute atomic E-state index is 0.00155. The SMILES string of the molecule is O=C(NC1CCCCCC1)c1ccc(C2SCC(=O)N2Cc2ccccc2)cc1. The average Bonchev–Trinajstić information content (AvgIpc) is 2.93. The summed E-state index contributed by atoms with van der Waals surface area (Å²) in [4.78, 5) is 27.0. The zero-order valence-electron chi connectivity index (χ0n) is 16.7. The lowest BCUT2D eigenvalue weighted by Crippen LogP contribution is -2.34. The number of amides is 2. The third-order valence-corrected chi connectivity index (χ3v) is 7.07. The Morgan fingerprint density at radius 2 is 1.66 bits per heavy atom. The summed E-state index contributed by atoms with van der Waals surface area (Å²) < 4.78 is 0. The van der Waals surface area contributed by atoms with E-state index >= 15 is 0 Å². The number of thioether (sulfide) groups is 1. The zero-order valence-corrected chi connectivity index (χ0v) is 17.5. The van der Waals surface area contributed by atoms with Gasteiger partial charge < -0.3 is 10.2 Å². The van der Waals surface area contributed by atoms with Crippen LogP contribution in [0.1, 0.15) is 65.4 Å². The first-order chi connectivity index (χ1) is 14.2. The molecule has 152 valence electrons. The van der Waals surface area contributed by atoms with Crippen LogP contribution in [0.25, 0.3) is 0 Å². The van der Waals surface area contributed by atoms with Crippen molar-refractivity contribution >= 4 is 23.6 Å². The fourth-order valence-corrected chi connectivity index (χ4v) is 5.36. The van der Waals surface area contributed by atoms with Gasteiger partial charge >= 0.3 is 0 Å². The lowest BCUT2D eigenvalue weighted by molar-refractivity contribution is -0.128. The monoisotopic (exact) mass is 408 g/mol. The largest absolute Gasteiger partial charge is 0.349 e. The summed E-state index contributed by atoms with van der Waals surface area (Å²) in [5.41, 5.74) is 2.90.